The van der Waals surface area contributed by atoms with E-state index in [-0.39, 0.29) is 0 Å². The molecule has 2 N–H and O–H groups in total. The van der Waals surface area contributed by atoms with Gasteiger partial charge >= 0.3 is 6.03 Å². The lowest BCUT2D eigenvalue weighted by molar-refractivity contribution is 0.257. The van der Waals surface area contributed by atoms with E-state index in [1.807, 2.05) is 51.1 Å². The fourth-order valence-corrected chi connectivity index (χ4v) is 0.689. The Balaban J connectivity index is 0. The molecule has 0 bridgehead atoms. The second-order valence-electron chi connectivity index (χ2n) is 1.96. The summed E-state index contributed by atoms with van der Waals surface area (Å²) in [6.07, 6.45) is 0. The van der Waals surface area contributed by atoms with Gasteiger partial charge in [0.1, 0.15) is 0 Å². The largest absolute Gasteiger partial charge is 0.391 e. The first-order chi connectivity index (χ1) is 7.33. The molecule has 0 atom stereocenters. The number of para-hydroxylation sites is 1. The first-order valence-corrected chi connectivity index (χ1v) is 5.15. The molecular formula is C11H19BN2O. The van der Waals surface area contributed by atoms with Crippen LogP contribution in [0.3, 0.4) is 0 Å². The van der Waals surface area contributed by atoms with Crippen LogP contribution in [0, 0.1) is 0 Å². The van der Waals surface area contributed by atoms with Crippen LogP contribution in [0.2, 0.25) is 0 Å². The number of nitrogens with one attached hydrogen (secondary N) is 2. The molecule has 1 rings (SSSR count). The maximum Gasteiger partial charge on any atom is 0.306 e. The maximum absolute atomic E-state index is 10.6. The molecule has 1 aromatic carbocycles. The second kappa shape index (κ2) is 12.6. The first kappa shape index (κ1) is 16.0. The second-order valence-corrected chi connectivity index (χ2v) is 1.96. The van der Waals surface area contributed by atoms with Crippen molar-refractivity contribution in [2.75, 3.05) is 5.32 Å². The highest BCUT2D eigenvalue weighted by molar-refractivity contribution is 6.16. The van der Waals surface area contributed by atoms with E-state index in [4.69, 9.17) is 7.98 Å². The zero-order valence-corrected chi connectivity index (χ0v) is 9.87. The van der Waals surface area contributed by atoms with Crippen molar-refractivity contribution in [3.05, 3.63) is 30.3 Å². The van der Waals surface area contributed by atoms with Crippen molar-refractivity contribution in [2.24, 2.45) is 0 Å². The van der Waals surface area contributed by atoms with Crippen molar-refractivity contribution < 1.29 is 4.79 Å². The first-order valence-electron chi connectivity index (χ1n) is 5.15. The topological polar surface area (TPSA) is 41.1 Å². The molecule has 0 aromatic heterocycles. The van der Waals surface area contributed by atoms with E-state index in [2.05, 4.69) is 5.32 Å². The third-order valence-corrected chi connectivity index (χ3v) is 1.16. The van der Waals surface area contributed by atoms with Crippen LogP contribution in [0.5, 0.6) is 0 Å². The molecule has 0 heterocycles. The van der Waals surface area contributed by atoms with Crippen LogP contribution in [-0.4, -0.2) is 14.0 Å². The Kier molecular flexibility index (Phi) is 13.4. The van der Waals surface area contributed by atoms with Gasteiger partial charge in [0.15, 0.2) is 0 Å². The average Bonchev–Trinajstić information content (AvgIpc) is 2.35. The highest BCUT2D eigenvalue weighted by Crippen LogP contribution is 2.03. The minimum Gasteiger partial charge on any atom is -0.391 e. The van der Waals surface area contributed by atoms with Gasteiger partial charge in [0.25, 0.3) is 0 Å². The summed E-state index contributed by atoms with van der Waals surface area (Å²) in [5, 5.41) is 4.48. The summed E-state index contributed by atoms with van der Waals surface area (Å²) in [4.78, 5) is 10.6. The summed E-state index contributed by atoms with van der Waals surface area (Å²) in [6, 6.07) is 8.64. The summed E-state index contributed by atoms with van der Waals surface area (Å²) in [5.74, 6) is 0. The molecule has 0 aliphatic rings. The summed E-state index contributed by atoms with van der Waals surface area (Å²) in [7, 11) is 4.86. The van der Waals surface area contributed by atoms with E-state index in [0.29, 0.717) is 0 Å². The lowest BCUT2D eigenvalue weighted by Crippen LogP contribution is -2.25. The van der Waals surface area contributed by atoms with E-state index in [1.54, 1.807) is 12.1 Å². The molecule has 0 spiro atoms. The molecule has 2 radical (unpaired) electrons. The Labute approximate surface area is 93.7 Å². The molecule has 0 unspecified atom stereocenters. The van der Waals surface area contributed by atoms with E-state index < -0.39 is 6.03 Å². The number of anilines is 1. The molecule has 1 aromatic rings. The SMILES string of the molecule is CC.CC.[B]NC(=O)Nc1ccccc1. The standard InChI is InChI=1S/C7H7BN2O.2C2H6/c8-10-7(11)9-6-4-2-1-3-5-6;2*1-2/h1-5H,(H2,9,10,11);2*1-2H3. The highest BCUT2D eigenvalue weighted by Gasteiger charge is 1.94. The number of rotatable bonds is 1. The van der Waals surface area contributed by atoms with Crippen molar-refractivity contribution >= 4 is 19.7 Å². The Morgan fingerprint density at radius 3 is 1.93 bits per heavy atom. The molecular weight excluding hydrogens is 187 g/mol. The lowest BCUT2D eigenvalue weighted by atomic mass is 10.3. The number of urea groups is 1. The molecule has 0 fully saturated rings. The fourth-order valence-electron chi connectivity index (χ4n) is 0.689. The summed E-state index contributed by atoms with van der Waals surface area (Å²) in [6.45, 7) is 8.00. The van der Waals surface area contributed by atoms with Crippen molar-refractivity contribution in [3.8, 4) is 0 Å². The van der Waals surface area contributed by atoms with E-state index in [1.165, 1.54) is 0 Å². The van der Waals surface area contributed by atoms with Gasteiger partial charge in [0, 0.05) is 5.69 Å². The number of benzene rings is 1. The molecule has 0 saturated carbocycles. The van der Waals surface area contributed by atoms with E-state index in [9.17, 15) is 4.79 Å². The maximum atomic E-state index is 10.6. The fraction of sp³-hybridized carbons (Fsp3) is 0.364. The normalized spacial score (nSPS) is 7.20. The minimum absolute atomic E-state index is 0.420. The summed E-state index contributed by atoms with van der Waals surface area (Å²) >= 11 is 0. The summed E-state index contributed by atoms with van der Waals surface area (Å²) in [5.41, 5.74) is 0.718. The predicted octanol–water partition coefficient (Wildman–Crippen LogP) is 2.94. The molecule has 3 nitrogen and oxygen atoms in total. The van der Waals surface area contributed by atoms with Crippen molar-refractivity contribution in [1.82, 2.24) is 5.23 Å². The number of carbonyl (C=O) groups excluding carboxylic acids is 1. The van der Waals surface area contributed by atoms with E-state index in [0.717, 1.165) is 5.69 Å². The lowest BCUT2D eigenvalue weighted by Gasteiger charge is -2.02. The Hall–Kier alpha value is -1.45. The number of hydrogen-bond donors (Lipinski definition) is 2. The van der Waals surface area contributed by atoms with Crippen LogP contribution in [0.25, 0.3) is 0 Å². The number of hydrogen-bond acceptors (Lipinski definition) is 1. The van der Waals surface area contributed by atoms with Crippen LogP contribution >= 0.6 is 0 Å². The van der Waals surface area contributed by atoms with Gasteiger partial charge in [0.05, 0.1) is 0 Å². The van der Waals surface area contributed by atoms with Crippen LogP contribution in [0.15, 0.2) is 30.3 Å². The third kappa shape index (κ3) is 8.87. The number of amides is 2. The Morgan fingerprint density at radius 2 is 1.53 bits per heavy atom. The van der Waals surface area contributed by atoms with Crippen LogP contribution in [0.1, 0.15) is 27.7 Å². The zero-order valence-electron chi connectivity index (χ0n) is 9.87. The van der Waals surface area contributed by atoms with Crippen LogP contribution in [-0.2, 0) is 0 Å². The molecule has 0 aliphatic carbocycles. The van der Waals surface area contributed by atoms with Gasteiger partial charge in [-0.05, 0) is 12.1 Å². The monoisotopic (exact) mass is 206 g/mol. The van der Waals surface area contributed by atoms with Crippen LogP contribution < -0.4 is 10.5 Å². The summed E-state index contributed by atoms with van der Waals surface area (Å²) < 4.78 is 0. The molecule has 4 heteroatoms. The third-order valence-electron chi connectivity index (χ3n) is 1.16. The van der Waals surface area contributed by atoms with Crippen LogP contribution in [0.4, 0.5) is 10.5 Å². The number of carbonyl (C=O) groups is 1. The smallest absolute Gasteiger partial charge is 0.306 e. The van der Waals surface area contributed by atoms with Gasteiger partial charge in [-0.2, -0.15) is 0 Å². The van der Waals surface area contributed by atoms with Gasteiger partial charge in [0.2, 0.25) is 7.98 Å². The molecule has 15 heavy (non-hydrogen) atoms. The van der Waals surface area contributed by atoms with Crippen molar-refractivity contribution in [1.29, 1.82) is 0 Å². The molecule has 0 saturated heterocycles. The highest BCUT2D eigenvalue weighted by atomic mass is 16.2. The van der Waals surface area contributed by atoms with Gasteiger partial charge in [-0.1, -0.05) is 45.9 Å². The van der Waals surface area contributed by atoms with Gasteiger partial charge in [-0.15, -0.1) is 0 Å². The zero-order chi connectivity index (χ0) is 12.1. The molecule has 82 valence electrons. The van der Waals surface area contributed by atoms with Gasteiger partial charge in [-0.3, -0.25) is 0 Å². The Bertz CT molecular complexity index is 240. The quantitative estimate of drug-likeness (QED) is 0.681. The minimum atomic E-state index is -0.420. The average molecular weight is 206 g/mol. The van der Waals surface area contributed by atoms with Gasteiger partial charge < -0.3 is 10.5 Å². The predicted molar refractivity (Wildman–Crippen MR) is 67.0 cm³/mol. The van der Waals surface area contributed by atoms with Crippen molar-refractivity contribution in [2.45, 2.75) is 27.7 Å². The molecule has 2 amide bonds. The Morgan fingerprint density at radius 1 is 1.07 bits per heavy atom. The van der Waals surface area contributed by atoms with Gasteiger partial charge in [-0.25, -0.2) is 4.79 Å². The van der Waals surface area contributed by atoms with E-state index >= 15 is 0 Å². The molecule has 0 aliphatic heterocycles. The van der Waals surface area contributed by atoms with Crippen molar-refractivity contribution in [3.63, 3.8) is 0 Å².